The zero-order valence-electron chi connectivity index (χ0n) is 9.40. The Morgan fingerprint density at radius 2 is 1.88 bits per heavy atom. The molecule has 1 aromatic carbocycles. The van der Waals surface area contributed by atoms with Gasteiger partial charge in [0.1, 0.15) is 5.75 Å². The van der Waals surface area contributed by atoms with E-state index >= 15 is 0 Å². The highest BCUT2D eigenvalue weighted by atomic mass is 35.5. The Labute approximate surface area is 102 Å². The van der Waals surface area contributed by atoms with Crippen molar-refractivity contribution in [3.05, 3.63) is 29.8 Å². The summed E-state index contributed by atoms with van der Waals surface area (Å²) in [7, 11) is 1.64. The van der Waals surface area contributed by atoms with Crippen molar-refractivity contribution >= 4 is 12.4 Å². The van der Waals surface area contributed by atoms with Gasteiger partial charge < -0.3 is 15.2 Å². The molecule has 2 rings (SSSR count). The van der Waals surface area contributed by atoms with E-state index in [1.165, 1.54) is 0 Å². The van der Waals surface area contributed by atoms with Crippen LogP contribution in [0.5, 0.6) is 5.75 Å². The highest BCUT2D eigenvalue weighted by Crippen LogP contribution is 2.36. The average Bonchev–Trinajstić information content (AvgIpc) is 2.30. The number of piperidine rings is 1. The van der Waals surface area contributed by atoms with E-state index in [0.29, 0.717) is 0 Å². The second-order valence-corrected chi connectivity index (χ2v) is 3.98. The third-order valence-electron chi connectivity index (χ3n) is 3.04. The summed E-state index contributed by atoms with van der Waals surface area (Å²) < 4.78 is 5.28. The van der Waals surface area contributed by atoms with E-state index < -0.39 is 5.60 Å². The number of para-hydroxylation sites is 1. The summed E-state index contributed by atoms with van der Waals surface area (Å²) in [6.07, 6.45) is 1.49. The zero-order valence-corrected chi connectivity index (χ0v) is 10.2. The summed E-state index contributed by atoms with van der Waals surface area (Å²) in [6.45, 7) is 1.71. The van der Waals surface area contributed by atoms with Crippen molar-refractivity contribution in [2.45, 2.75) is 18.4 Å². The maximum atomic E-state index is 10.5. The Balaban J connectivity index is 0.00000128. The average molecular weight is 244 g/mol. The zero-order chi connectivity index (χ0) is 10.7. The van der Waals surface area contributed by atoms with Crippen LogP contribution < -0.4 is 10.1 Å². The molecule has 90 valence electrons. The summed E-state index contributed by atoms with van der Waals surface area (Å²) in [5.74, 6) is 0.780. The molecule has 1 aromatic rings. The lowest BCUT2D eigenvalue weighted by Gasteiger charge is -2.33. The van der Waals surface area contributed by atoms with Crippen LogP contribution >= 0.6 is 12.4 Å². The lowest BCUT2D eigenvalue weighted by Crippen LogP contribution is -2.39. The highest BCUT2D eigenvalue weighted by molar-refractivity contribution is 5.85. The number of rotatable bonds is 2. The van der Waals surface area contributed by atoms with Crippen LogP contribution in [0.4, 0.5) is 0 Å². The topological polar surface area (TPSA) is 41.5 Å². The first-order chi connectivity index (χ1) is 7.26. The minimum atomic E-state index is -0.724. The van der Waals surface area contributed by atoms with Crippen molar-refractivity contribution in [3.63, 3.8) is 0 Å². The summed E-state index contributed by atoms with van der Waals surface area (Å²) in [5, 5.41) is 13.8. The van der Waals surface area contributed by atoms with Crippen molar-refractivity contribution in [3.8, 4) is 5.75 Å². The van der Waals surface area contributed by atoms with Gasteiger partial charge in [-0.15, -0.1) is 12.4 Å². The van der Waals surface area contributed by atoms with E-state index in [4.69, 9.17) is 4.74 Å². The third kappa shape index (κ3) is 2.48. The van der Waals surface area contributed by atoms with Crippen molar-refractivity contribution in [1.82, 2.24) is 5.32 Å². The molecule has 1 heterocycles. The Bertz CT molecular complexity index is 338. The van der Waals surface area contributed by atoms with E-state index in [1.807, 2.05) is 24.3 Å². The van der Waals surface area contributed by atoms with Crippen LogP contribution in [-0.2, 0) is 5.60 Å². The molecule has 16 heavy (non-hydrogen) atoms. The molecule has 3 nitrogen and oxygen atoms in total. The van der Waals surface area contributed by atoms with Gasteiger partial charge in [0.2, 0.25) is 0 Å². The largest absolute Gasteiger partial charge is 0.496 e. The molecular formula is C12H18ClNO2. The number of ether oxygens (including phenoxy) is 1. The number of benzene rings is 1. The SMILES string of the molecule is COc1ccccc1C1(O)CCNCC1.Cl. The van der Waals surface area contributed by atoms with Crippen LogP contribution in [0.3, 0.4) is 0 Å². The fraction of sp³-hybridized carbons (Fsp3) is 0.500. The number of aliphatic hydroxyl groups is 1. The molecule has 0 saturated carbocycles. The lowest BCUT2D eigenvalue weighted by atomic mass is 9.84. The molecule has 0 aliphatic carbocycles. The van der Waals surface area contributed by atoms with Crippen LogP contribution in [-0.4, -0.2) is 25.3 Å². The van der Waals surface area contributed by atoms with Crippen LogP contribution in [0.15, 0.2) is 24.3 Å². The Morgan fingerprint density at radius 1 is 1.25 bits per heavy atom. The minimum absolute atomic E-state index is 0. The van der Waals surface area contributed by atoms with Crippen molar-refractivity contribution in [2.75, 3.05) is 20.2 Å². The maximum Gasteiger partial charge on any atom is 0.124 e. The summed E-state index contributed by atoms with van der Waals surface area (Å²) in [6, 6.07) is 7.71. The van der Waals surface area contributed by atoms with E-state index in [-0.39, 0.29) is 12.4 Å². The molecule has 0 aromatic heterocycles. The predicted molar refractivity (Wildman–Crippen MR) is 66.2 cm³/mol. The van der Waals surface area contributed by atoms with Gasteiger partial charge >= 0.3 is 0 Å². The van der Waals surface area contributed by atoms with Crippen molar-refractivity contribution in [1.29, 1.82) is 0 Å². The second-order valence-electron chi connectivity index (χ2n) is 3.98. The molecule has 0 bridgehead atoms. The molecule has 1 fully saturated rings. The quantitative estimate of drug-likeness (QED) is 0.831. The van der Waals surface area contributed by atoms with Gasteiger partial charge in [-0.05, 0) is 32.0 Å². The Kier molecular flexibility index (Phi) is 4.59. The van der Waals surface area contributed by atoms with Crippen molar-refractivity contribution < 1.29 is 9.84 Å². The number of halogens is 1. The van der Waals surface area contributed by atoms with Gasteiger partial charge in [-0.25, -0.2) is 0 Å². The highest BCUT2D eigenvalue weighted by Gasteiger charge is 2.33. The standard InChI is InChI=1S/C12H17NO2.ClH/c1-15-11-5-3-2-4-10(11)12(14)6-8-13-9-7-12;/h2-5,13-14H,6-9H2,1H3;1H. The van der Waals surface area contributed by atoms with Gasteiger partial charge in [-0.3, -0.25) is 0 Å². The normalized spacial score (nSPS) is 18.6. The van der Waals surface area contributed by atoms with Crippen LogP contribution in [0.25, 0.3) is 0 Å². The monoisotopic (exact) mass is 243 g/mol. The molecule has 1 aliphatic heterocycles. The summed E-state index contributed by atoms with van der Waals surface area (Å²) in [5.41, 5.74) is 0.187. The predicted octanol–water partition coefficient (Wildman–Crippen LogP) is 1.69. The molecular weight excluding hydrogens is 226 g/mol. The first kappa shape index (κ1) is 13.3. The first-order valence-electron chi connectivity index (χ1n) is 5.33. The molecule has 1 saturated heterocycles. The van der Waals surface area contributed by atoms with Crippen LogP contribution in [0.2, 0.25) is 0 Å². The molecule has 1 aliphatic rings. The molecule has 0 radical (unpaired) electrons. The first-order valence-corrected chi connectivity index (χ1v) is 5.33. The number of hydrogen-bond donors (Lipinski definition) is 2. The fourth-order valence-electron chi connectivity index (χ4n) is 2.14. The lowest BCUT2D eigenvalue weighted by molar-refractivity contribution is 0.00393. The minimum Gasteiger partial charge on any atom is -0.496 e. The number of hydrogen-bond acceptors (Lipinski definition) is 3. The van der Waals surface area contributed by atoms with E-state index in [2.05, 4.69) is 5.32 Å². The summed E-state index contributed by atoms with van der Waals surface area (Å²) >= 11 is 0. The second kappa shape index (κ2) is 5.53. The van der Waals surface area contributed by atoms with Gasteiger partial charge in [-0.1, -0.05) is 18.2 Å². The van der Waals surface area contributed by atoms with E-state index in [1.54, 1.807) is 7.11 Å². The van der Waals surface area contributed by atoms with Gasteiger partial charge in [0.05, 0.1) is 12.7 Å². The van der Waals surface area contributed by atoms with Crippen LogP contribution in [0.1, 0.15) is 18.4 Å². The van der Waals surface area contributed by atoms with Crippen LogP contribution in [0, 0.1) is 0 Å². The number of nitrogens with one attached hydrogen (secondary N) is 1. The molecule has 0 atom stereocenters. The van der Waals surface area contributed by atoms with Gasteiger partial charge in [0.15, 0.2) is 0 Å². The molecule has 0 spiro atoms. The van der Waals surface area contributed by atoms with E-state index in [9.17, 15) is 5.11 Å². The summed E-state index contributed by atoms with van der Waals surface area (Å²) in [4.78, 5) is 0. The molecule has 2 N–H and O–H groups in total. The van der Waals surface area contributed by atoms with Gasteiger partial charge in [0.25, 0.3) is 0 Å². The molecule has 0 amide bonds. The Morgan fingerprint density at radius 3 is 2.50 bits per heavy atom. The smallest absolute Gasteiger partial charge is 0.124 e. The van der Waals surface area contributed by atoms with Gasteiger partial charge in [-0.2, -0.15) is 0 Å². The van der Waals surface area contributed by atoms with Gasteiger partial charge in [0, 0.05) is 5.56 Å². The third-order valence-corrected chi connectivity index (χ3v) is 3.04. The van der Waals surface area contributed by atoms with E-state index in [0.717, 1.165) is 37.2 Å². The molecule has 0 unspecified atom stereocenters. The Hall–Kier alpha value is -0.770. The number of methoxy groups -OCH3 is 1. The fourth-order valence-corrected chi connectivity index (χ4v) is 2.14. The molecule has 4 heteroatoms. The maximum absolute atomic E-state index is 10.5. The van der Waals surface area contributed by atoms with Crippen molar-refractivity contribution in [2.24, 2.45) is 0 Å².